The van der Waals surface area contributed by atoms with Gasteiger partial charge in [0.25, 0.3) is 0 Å². The number of nitrogens with one attached hydrogen (secondary N) is 1. The Morgan fingerprint density at radius 3 is 3.00 bits per heavy atom. The second kappa shape index (κ2) is 6.67. The minimum Gasteiger partial charge on any atom is -0.488 e. The van der Waals surface area contributed by atoms with Gasteiger partial charge in [-0.3, -0.25) is 0 Å². The lowest BCUT2D eigenvalue weighted by atomic mass is 10.1. The van der Waals surface area contributed by atoms with Crippen LogP contribution in [0, 0.1) is 5.92 Å². The molecule has 2 unspecified atom stereocenters. The van der Waals surface area contributed by atoms with Gasteiger partial charge in [-0.15, -0.1) is 0 Å². The zero-order valence-electron chi connectivity index (χ0n) is 12.9. The fourth-order valence-corrected chi connectivity index (χ4v) is 3.76. The van der Waals surface area contributed by atoms with Crippen molar-refractivity contribution >= 4 is 15.9 Å². The molecule has 3 rings (SSSR count). The van der Waals surface area contributed by atoms with Crippen LogP contribution in [0.15, 0.2) is 22.7 Å². The van der Waals surface area contributed by atoms with Crippen molar-refractivity contribution in [3.63, 3.8) is 0 Å². The normalized spacial score (nSPS) is 25.3. The molecule has 116 valence electrons. The van der Waals surface area contributed by atoms with Gasteiger partial charge in [0.1, 0.15) is 11.9 Å². The lowest BCUT2D eigenvalue weighted by Gasteiger charge is -2.20. The average Bonchev–Trinajstić information content (AvgIpc) is 3.04. The summed E-state index contributed by atoms with van der Waals surface area (Å²) in [7, 11) is 0. The number of benzene rings is 1. The maximum atomic E-state index is 5.99. The highest BCUT2D eigenvalue weighted by Crippen LogP contribution is 2.31. The Hall–Kier alpha value is -0.580. The third kappa shape index (κ3) is 3.79. The molecule has 1 fully saturated rings. The lowest BCUT2D eigenvalue weighted by molar-refractivity contribution is 0.222. The van der Waals surface area contributed by atoms with E-state index in [2.05, 4.69) is 52.1 Å². The predicted octanol–water partition coefficient (Wildman–Crippen LogP) is 3.07. The summed E-state index contributed by atoms with van der Waals surface area (Å²) in [5.74, 6) is 1.85. The summed E-state index contributed by atoms with van der Waals surface area (Å²) in [5, 5.41) is 3.61. The first-order valence-electron chi connectivity index (χ1n) is 8.01. The second-order valence-corrected chi connectivity index (χ2v) is 7.51. The molecule has 4 heteroatoms. The smallest absolute Gasteiger partial charge is 0.123 e. The van der Waals surface area contributed by atoms with Gasteiger partial charge < -0.3 is 15.0 Å². The number of rotatable bonds is 5. The first-order chi connectivity index (χ1) is 10.1. The monoisotopic (exact) mass is 352 g/mol. The van der Waals surface area contributed by atoms with Gasteiger partial charge in [-0.05, 0) is 63.0 Å². The number of halogens is 1. The van der Waals surface area contributed by atoms with E-state index in [1.807, 2.05) is 6.07 Å². The Balaban J connectivity index is 1.40. The molecule has 1 N–H and O–H groups in total. The molecule has 0 radical (unpaired) electrons. The van der Waals surface area contributed by atoms with Crippen LogP contribution in [-0.2, 0) is 6.42 Å². The number of fused-ring (bicyclic) bond motifs is 1. The van der Waals surface area contributed by atoms with Crippen LogP contribution < -0.4 is 10.1 Å². The van der Waals surface area contributed by atoms with Gasteiger partial charge in [-0.25, -0.2) is 0 Å². The van der Waals surface area contributed by atoms with Crippen molar-refractivity contribution in [1.29, 1.82) is 0 Å². The molecule has 0 saturated carbocycles. The van der Waals surface area contributed by atoms with Gasteiger partial charge in [-0.2, -0.15) is 0 Å². The molecule has 1 aromatic rings. The van der Waals surface area contributed by atoms with Crippen molar-refractivity contribution < 1.29 is 4.74 Å². The minimum absolute atomic E-state index is 0.289. The number of hydrogen-bond donors (Lipinski definition) is 1. The van der Waals surface area contributed by atoms with E-state index >= 15 is 0 Å². The van der Waals surface area contributed by atoms with E-state index in [4.69, 9.17) is 4.74 Å². The third-order valence-corrected chi connectivity index (χ3v) is 5.11. The fourth-order valence-electron chi connectivity index (χ4n) is 3.35. The number of hydrogen-bond acceptors (Lipinski definition) is 3. The van der Waals surface area contributed by atoms with Crippen LogP contribution in [0.3, 0.4) is 0 Å². The maximum Gasteiger partial charge on any atom is 0.123 e. The molecule has 0 aromatic heterocycles. The Labute approximate surface area is 136 Å². The van der Waals surface area contributed by atoms with Crippen LogP contribution >= 0.6 is 15.9 Å². The van der Waals surface area contributed by atoms with Crippen molar-refractivity contribution in [2.45, 2.75) is 38.8 Å². The molecule has 0 spiro atoms. The Bertz CT molecular complexity index is 492. The Morgan fingerprint density at radius 2 is 2.24 bits per heavy atom. The SMILES string of the molecule is CC(C)N1CCC(CNCC2Cc3cc(Br)ccc3O2)C1. The van der Waals surface area contributed by atoms with Gasteiger partial charge in [0.2, 0.25) is 0 Å². The molecule has 0 aliphatic carbocycles. The zero-order valence-corrected chi connectivity index (χ0v) is 14.5. The van der Waals surface area contributed by atoms with Crippen molar-refractivity contribution in [3.05, 3.63) is 28.2 Å². The summed E-state index contributed by atoms with van der Waals surface area (Å²) >= 11 is 3.52. The number of ether oxygens (including phenoxy) is 1. The van der Waals surface area contributed by atoms with Crippen LogP contribution in [0.4, 0.5) is 0 Å². The minimum atomic E-state index is 0.289. The first-order valence-corrected chi connectivity index (χ1v) is 8.81. The molecule has 21 heavy (non-hydrogen) atoms. The summed E-state index contributed by atoms with van der Waals surface area (Å²) < 4.78 is 7.13. The molecule has 2 aliphatic heterocycles. The molecular weight excluding hydrogens is 328 g/mol. The van der Waals surface area contributed by atoms with E-state index in [9.17, 15) is 0 Å². The topological polar surface area (TPSA) is 24.5 Å². The molecule has 0 amide bonds. The zero-order chi connectivity index (χ0) is 14.8. The van der Waals surface area contributed by atoms with E-state index in [1.165, 1.54) is 25.1 Å². The van der Waals surface area contributed by atoms with E-state index < -0.39 is 0 Å². The summed E-state index contributed by atoms with van der Waals surface area (Å²) in [4.78, 5) is 2.58. The van der Waals surface area contributed by atoms with Crippen molar-refractivity contribution in [2.75, 3.05) is 26.2 Å². The summed E-state index contributed by atoms with van der Waals surface area (Å²) in [6, 6.07) is 6.97. The Morgan fingerprint density at radius 1 is 1.38 bits per heavy atom. The third-order valence-electron chi connectivity index (χ3n) is 4.62. The average molecular weight is 353 g/mol. The molecule has 1 aromatic carbocycles. The maximum absolute atomic E-state index is 5.99. The van der Waals surface area contributed by atoms with Gasteiger partial charge in [0.05, 0.1) is 0 Å². The molecule has 0 bridgehead atoms. The highest BCUT2D eigenvalue weighted by Gasteiger charge is 2.25. The molecule has 3 nitrogen and oxygen atoms in total. The largest absolute Gasteiger partial charge is 0.488 e. The van der Waals surface area contributed by atoms with Crippen molar-refractivity contribution in [1.82, 2.24) is 10.2 Å². The standard InChI is InChI=1S/C17H25BrN2O/c1-12(2)20-6-5-13(11-20)9-19-10-16-8-14-7-15(18)3-4-17(14)21-16/h3-4,7,12-13,16,19H,5-6,8-11H2,1-2H3. The van der Waals surface area contributed by atoms with Crippen molar-refractivity contribution in [3.8, 4) is 5.75 Å². The van der Waals surface area contributed by atoms with Crippen LogP contribution in [0.5, 0.6) is 5.75 Å². The van der Waals surface area contributed by atoms with E-state index in [0.29, 0.717) is 6.04 Å². The number of likely N-dealkylation sites (tertiary alicyclic amines) is 1. The fraction of sp³-hybridized carbons (Fsp3) is 0.647. The second-order valence-electron chi connectivity index (χ2n) is 6.60. The molecule has 2 atom stereocenters. The number of nitrogens with zero attached hydrogens (tertiary/aromatic N) is 1. The summed E-state index contributed by atoms with van der Waals surface area (Å²) in [6.45, 7) is 9.13. The van der Waals surface area contributed by atoms with E-state index in [1.54, 1.807) is 0 Å². The summed E-state index contributed by atoms with van der Waals surface area (Å²) in [6.07, 6.45) is 2.63. The first kappa shape index (κ1) is 15.3. The van der Waals surface area contributed by atoms with Gasteiger partial charge in [0, 0.05) is 30.0 Å². The highest BCUT2D eigenvalue weighted by atomic mass is 79.9. The van der Waals surface area contributed by atoms with E-state index in [0.717, 1.165) is 35.7 Å². The predicted molar refractivity (Wildman–Crippen MR) is 89.9 cm³/mol. The summed E-state index contributed by atoms with van der Waals surface area (Å²) in [5.41, 5.74) is 1.32. The van der Waals surface area contributed by atoms with Gasteiger partial charge in [0.15, 0.2) is 0 Å². The van der Waals surface area contributed by atoms with Crippen LogP contribution in [0.2, 0.25) is 0 Å². The molecular formula is C17H25BrN2O. The molecule has 2 heterocycles. The quantitative estimate of drug-likeness (QED) is 0.881. The van der Waals surface area contributed by atoms with E-state index in [-0.39, 0.29) is 6.10 Å². The van der Waals surface area contributed by atoms with Crippen LogP contribution in [-0.4, -0.2) is 43.2 Å². The highest BCUT2D eigenvalue weighted by molar-refractivity contribution is 9.10. The van der Waals surface area contributed by atoms with Crippen LogP contribution in [0.25, 0.3) is 0 Å². The molecule has 2 aliphatic rings. The lowest BCUT2D eigenvalue weighted by Crippen LogP contribution is -2.35. The molecule has 1 saturated heterocycles. The van der Waals surface area contributed by atoms with Gasteiger partial charge >= 0.3 is 0 Å². The van der Waals surface area contributed by atoms with Gasteiger partial charge in [-0.1, -0.05) is 15.9 Å². The van der Waals surface area contributed by atoms with Crippen molar-refractivity contribution in [2.24, 2.45) is 5.92 Å². The van der Waals surface area contributed by atoms with Crippen LogP contribution in [0.1, 0.15) is 25.8 Å². The Kier molecular flexibility index (Phi) is 4.87.